The highest BCUT2D eigenvalue weighted by molar-refractivity contribution is 7.99. The Morgan fingerprint density at radius 2 is 1.86 bits per heavy atom. The zero-order valence-electron chi connectivity index (χ0n) is 15.4. The first-order valence-electron chi connectivity index (χ1n) is 9.04. The Bertz CT molecular complexity index is 1220. The van der Waals surface area contributed by atoms with Gasteiger partial charge < -0.3 is 14.9 Å². The molecule has 0 aliphatic heterocycles. The summed E-state index contributed by atoms with van der Waals surface area (Å²) in [5.41, 5.74) is 2.18. The van der Waals surface area contributed by atoms with E-state index in [2.05, 4.69) is 16.3 Å². The zero-order valence-corrected chi connectivity index (χ0v) is 16.3. The third-order valence-electron chi connectivity index (χ3n) is 4.36. The number of aliphatic hydroxyl groups is 1. The number of nitrogens with zero attached hydrogens (tertiary/aromatic N) is 4. The maximum Gasteiger partial charge on any atom is 0.143 e. The number of nitriles is 1. The van der Waals surface area contributed by atoms with E-state index in [0.29, 0.717) is 34.6 Å². The molecular formula is C21H18N4O3S. The van der Waals surface area contributed by atoms with Gasteiger partial charge in [0, 0.05) is 11.5 Å². The van der Waals surface area contributed by atoms with Gasteiger partial charge in [0.05, 0.1) is 24.8 Å². The highest BCUT2D eigenvalue weighted by Gasteiger charge is 2.11. The lowest BCUT2D eigenvalue weighted by Crippen LogP contribution is -2.02. The standard InChI is InChI=1S/C21H18N4O3S/c22-13-14-1-4-18-19(9-14)24-25(23-18)20-11-16-10-17(28-6-8-29-7-5-26)3-2-15(16)12-21(20)27/h1-4,9-12,26-27H,5-8H2. The van der Waals surface area contributed by atoms with Gasteiger partial charge in [-0.1, -0.05) is 6.07 Å². The Balaban J connectivity index is 1.64. The molecule has 0 fully saturated rings. The molecule has 0 saturated carbocycles. The maximum atomic E-state index is 10.5. The van der Waals surface area contributed by atoms with Crippen molar-refractivity contribution in [3.8, 4) is 23.3 Å². The Morgan fingerprint density at radius 1 is 1.00 bits per heavy atom. The number of rotatable bonds is 7. The molecule has 1 aromatic heterocycles. The summed E-state index contributed by atoms with van der Waals surface area (Å²) >= 11 is 1.63. The lowest BCUT2D eigenvalue weighted by atomic mass is 10.1. The maximum absolute atomic E-state index is 10.5. The van der Waals surface area contributed by atoms with E-state index in [4.69, 9.17) is 15.1 Å². The molecule has 3 aromatic carbocycles. The van der Waals surface area contributed by atoms with Crippen molar-refractivity contribution in [2.24, 2.45) is 0 Å². The number of phenols is 1. The van der Waals surface area contributed by atoms with Gasteiger partial charge in [0.15, 0.2) is 0 Å². The van der Waals surface area contributed by atoms with Crippen molar-refractivity contribution in [1.82, 2.24) is 15.0 Å². The number of fused-ring (bicyclic) bond motifs is 2. The summed E-state index contributed by atoms with van der Waals surface area (Å²) in [5, 5.41) is 38.9. The van der Waals surface area contributed by atoms with Crippen LogP contribution in [0.4, 0.5) is 0 Å². The Morgan fingerprint density at radius 3 is 2.69 bits per heavy atom. The van der Waals surface area contributed by atoms with E-state index in [9.17, 15) is 5.11 Å². The minimum absolute atomic E-state index is 0.0624. The van der Waals surface area contributed by atoms with Crippen LogP contribution in [0, 0.1) is 11.3 Å². The highest BCUT2D eigenvalue weighted by Crippen LogP contribution is 2.30. The quantitative estimate of drug-likeness (QED) is 0.454. The first kappa shape index (κ1) is 19.1. The van der Waals surface area contributed by atoms with Gasteiger partial charge in [-0.25, -0.2) is 0 Å². The number of aliphatic hydroxyl groups excluding tert-OH is 1. The third kappa shape index (κ3) is 4.11. The summed E-state index contributed by atoms with van der Waals surface area (Å²) in [4.78, 5) is 1.37. The fourth-order valence-corrected chi connectivity index (χ4v) is 3.51. The van der Waals surface area contributed by atoms with E-state index < -0.39 is 0 Å². The van der Waals surface area contributed by atoms with Crippen LogP contribution in [0.1, 0.15) is 5.56 Å². The molecule has 0 spiro atoms. The number of aromatic hydroxyl groups is 1. The molecule has 29 heavy (non-hydrogen) atoms. The van der Waals surface area contributed by atoms with Crippen molar-refractivity contribution in [1.29, 1.82) is 5.26 Å². The molecule has 0 radical (unpaired) electrons. The van der Waals surface area contributed by atoms with Crippen molar-refractivity contribution in [2.75, 3.05) is 24.7 Å². The average molecular weight is 406 g/mol. The molecule has 1 heterocycles. The first-order chi connectivity index (χ1) is 14.2. The van der Waals surface area contributed by atoms with Gasteiger partial charge in [-0.3, -0.25) is 0 Å². The highest BCUT2D eigenvalue weighted by atomic mass is 32.2. The van der Waals surface area contributed by atoms with Crippen LogP contribution >= 0.6 is 11.8 Å². The molecule has 0 bridgehead atoms. The second-order valence-electron chi connectivity index (χ2n) is 6.34. The molecule has 0 atom stereocenters. The Hall–Kier alpha value is -3.28. The van der Waals surface area contributed by atoms with Crippen LogP contribution in [0.2, 0.25) is 0 Å². The van der Waals surface area contributed by atoms with Crippen molar-refractivity contribution in [3.05, 3.63) is 54.1 Å². The molecule has 0 saturated heterocycles. The molecule has 146 valence electrons. The van der Waals surface area contributed by atoms with Gasteiger partial charge in [-0.2, -0.15) is 17.0 Å². The molecule has 0 unspecified atom stereocenters. The van der Waals surface area contributed by atoms with Crippen LogP contribution in [0.3, 0.4) is 0 Å². The smallest absolute Gasteiger partial charge is 0.143 e. The topological polar surface area (TPSA) is 104 Å². The van der Waals surface area contributed by atoms with Gasteiger partial charge in [0.25, 0.3) is 0 Å². The average Bonchev–Trinajstić information content (AvgIpc) is 3.16. The predicted molar refractivity (Wildman–Crippen MR) is 113 cm³/mol. The third-order valence-corrected chi connectivity index (χ3v) is 5.29. The van der Waals surface area contributed by atoms with Crippen LogP contribution in [-0.4, -0.2) is 49.9 Å². The lowest BCUT2D eigenvalue weighted by molar-refractivity contribution is 0.321. The summed E-state index contributed by atoms with van der Waals surface area (Å²) in [6.45, 7) is 0.718. The molecule has 0 amide bonds. The minimum Gasteiger partial charge on any atom is -0.506 e. The van der Waals surface area contributed by atoms with Gasteiger partial charge in [0.2, 0.25) is 0 Å². The van der Waals surface area contributed by atoms with E-state index in [-0.39, 0.29) is 12.4 Å². The van der Waals surface area contributed by atoms with E-state index in [1.165, 1.54) is 4.80 Å². The summed E-state index contributed by atoms with van der Waals surface area (Å²) in [6.07, 6.45) is 0. The molecule has 4 rings (SSSR count). The molecule has 2 N–H and O–H groups in total. The van der Waals surface area contributed by atoms with Crippen molar-refractivity contribution in [2.45, 2.75) is 0 Å². The zero-order chi connectivity index (χ0) is 20.2. The van der Waals surface area contributed by atoms with Crippen LogP contribution in [0.5, 0.6) is 11.5 Å². The van der Waals surface area contributed by atoms with Gasteiger partial charge in [-0.05, 0) is 53.2 Å². The second-order valence-corrected chi connectivity index (χ2v) is 7.56. The number of thioether (sulfide) groups is 1. The number of ether oxygens (including phenoxy) is 1. The van der Waals surface area contributed by atoms with Gasteiger partial charge in [-0.15, -0.1) is 15.0 Å². The number of benzene rings is 3. The largest absolute Gasteiger partial charge is 0.506 e. The SMILES string of the molecule is N#Cc1ccc2nn(-c3cc4cc(OCCSCCO)ccc4cc3O)nc2c1. The normalized spacial score (nSPS) is 11.0. The van der Waals surface area contributed by atoms with E-state index in [0.717, 1.165) is 22.3 Å². The minimum atomic E-state index is 0.0624. The Labute approximate surface area is 171 Å². The molecule has 7 nitrogen and oxygen atoms in total. The van der Waals surface area contributed by atoms with Crippen LogP contribution in [0.25, 0.3) is 27.5 Å². The molecule has 8 heteroatoms. The summed E-state index contributed by atoms with van der Waals surface area (Å²) in [6, 6.07) is 16.3. The molecule has 0 aliphatic carbocycles. The second kappa shape index (κ2) is 8.39. The van der Waals surface area contributed by atoms with E-state index in [1.807, 2.05) is 24.3 Å². The number of hydrogen-bond acceptors (Lipinski definition) is 7. The summed E-state index contributed by atoms with van der Waals surface area (Å²) in [5.74, 6) is 2.29. The fraction of sp³-hybridized carbons (Fsp3) is 0.190. The first-order valence-corrected chi connectivity index (χ1v) is 10.2. The molecule has 4 aromatic rings. The van der Waals surface area contributed by atoms with Crippen LogP contribution in [-0.2, 0) is 0 Å². The Kier molecular flexibility index (Phi) is 5.51. The molecular weight excluding hydrogens is 388 g/mol. The van der Waals surface area contributed by atoms with E-state index >= 15 is 0 Å². The molecule has 0 aliphatic rings. The van der Waals surface area contributed by atoms with Crippen molar-refractivity contribution >= 4 is 33.6 Å². The lowest BCUT2D eigenvalue weighted by Gasteiger charge is -2.09. The van der Waals surface area contributed by atoms with Gasteiger partial charge >= 0.3 is 0 Å². The monoisotopic (exact) mass is 406 g/mol. The summed E-state index contributed by atoms with van der Waals surface area (Å²) in [7, 11) is 0. The van der Waals surface area contributed by atoms with Crippen molar-refractivity contribution in [3.63, 3.8) is 0 Å². The predicted octanol–water partition coefficient (Wildman–Crippen LogP) is 3.26. The van der Waals surface area contributed by atoms with Crippen molar-refractivity contribution < 1.29 is 14.9 Å². The fourth-order valence-electron chi connectivity index (χ4n) is 2.98. The number of phenolic OH excluding ortho intramolecular Hbond substituents is 1. The van der Waals surface area contributed by atoms with Crippen LogP contribution < -0.4 is 4.74 Å². The van der Waals surface area contributed by atoms with Crippen LogP contribution in [0.15, 0.2) is 48.5 Å². The number of hydrogen-bond donors (Lipinski definition) is 2. The van der Waals surface area contributed by atoms with Gasteiger partial charge in [0.1, 0.15) is 28.2 Å². The summed E-state index contributed by atoms with van der Waals surface area (Å²) < 4.78 is 5.78. The van der Waals surface area contributed by atoms with E-state index in [1.54, 1.807) is 36.0 Å². The number of aromatic nitrogens is 3.